The largest absolute Gasteiger partial charge is 0.309 e. The first-order valence-electron chi connectivity index (χ1n) is 2.82. The van der Waals surface area contributed by atoms with E-state index in [9.17, 15) is 0 Å². The van der Waals surface area contributed by atoms with E-state index in [1.54, 1.807) is 5.57 Å². The molecular weight excluding hydrogens is 122 g/mol. The average molecular weight is 134 g/mol. The molecule has 0 aromatic carbocycles. The monoisotopic (exact) mass is 133 g/mol. The van der Waals surface area contributed by atoms with Crippen LogP contribution in [0.5, 0.6) is 0 Å². The molecule has 0 unspecified atom stereocenters. The quantitative estimate of drug-likeness (QED) is 0.533. The Morgan fingerprint density at radius 2 is 2.25 bits per heavy atom. The summed E-state index contributed by atoms with van der Waals surface area (Å²) < 4.78 is 0. The van der Waals surface area contributed by atoms with Crippen molar-refractivity contribution in [2.45, 2.75) is 13.3 Å². The molecule has 1 rings (SSSR count). The van der Waals surface area contributed by atoms with Crippen LogP contribution in [0.2, 0.25) is 0 Å². The van der Waals surface area contributed by atoms with E-state index in [1.165, 1.54) is 6.42 Å². The van der Waals surface area contributed by atoms with Gasteiger partial charge in [-0.1, -0.05) is 13.0 Å². The Labute approximate surface area is 56.6 Å². The van der Waals surface area contributed by atoms with E-state index < -0.39 is 0 Å². The van der Waals surface area contributed by atoms with Gasteiger partial charge in [0.15, 0.2) is 0 Å². The van der Waals surface area contributed by atoms with Gasteiger partial charge in [0.25, 0.3) is 0 Å². The molecular formula is C6H12ClN. The minimum atomic E-state index is 0. The highest BCUT2D eigenvalue weighted by atomic mass is 35.5. The summed E-state index contributed by atoms with van der Waals surface area (Å²) >= 11 is 0. The van der Waals surface area contributed by atoms with Crippen LogP contribution >= 0.6 is 12.4 Å². The smallest absolute Gasteiger partial charge is 0.0180 e. The highest BCUT2D eigenvalue weighted by Crippen LogP contribution is 2.00. The average Bonchev–Trinajstić information content (AvgIpc) is 1.55. The van der Waals surface area contributed by atoms with Gasteiger partial charge in [0.1, 0.15) is 0 Å². The Bertz CT molecular complexity index is 82.5. The van der Waals surface area contributed by atoms with Crippen molar-refractivity contribution in [2.24, 2.45) is 0 Å². The molecule has 0 spiro atoms. The minimum absolute atomic E-state index is 0. The van der Waals surface area contributed by atoms with E-state index in [-0.39, 0.29) is 12.4 Å². The first-order valence-corrected chi connectivity index (χ1v) is 2.82. The van der Waals surface area contributed by atoms with Crippen molar-refractivity contribution in [3.8, 4) is 0 Å². The fraction of sp³-hybridized carbons (Fsp3) is 0.667. The van der Waals surface area contributed by atoms with Gasteiger partial charge in [0, 0.05) is 13.1 Å². The molecule has 0 aromatic heterocycles. The summed E-state index contributed by atoms with van der Waals surface area (Å²) in [4.78, 5) is 0. The van der Waals surface area contributed by atoms with E-state index >= 15 is 0 Å². The van der Waals surface area contributed by atoms with Gasteiger partial charge in [0.05, 0.1) is 0 Å². The second kappa shape index (κ2) is 3.93. The number of nitrogens with one attached hydrogen (secondary N) is 1. The van der Waals surface area contributed by atoms with Gasteiger partial charge in [0.2, 0.25) is 0 Å². The van der Waals surface area contributed by atoms with Gasteiger partial charge in [-0.25, -0.2) is 0 Å². The third-order valence-corrected chi connectivity index (χ3v) is 1.20. The Morgan fingerprint density at radius 1 is 1.62 bits per heavy atom. The maximum Gasteiger partial charge on any atom is 0.0180 e. The van der Waals surface area contributed by atoms with Crippen LogP contribution in [0.15, 0.2) is 11.6 Å². The lowest BCUT2D eigenvalue weighted by atomic mass is 10.1. The fourth-order valence-electron chi connectivity index (χ4n) is 0.702. The zero-order valence-corrected chi connectivity index (χ0v) is 5.92. The summed E-state index contributed by atoms with van der Waals surface area (Å²) in [6.45, 7) is 4.44. The molecule has 1 nitrogen and oxygen atoms in total. The predicted molar refractivity (Wildman–Crippen MR) is 38.5 cm³/mol. The Kier molecular flexibility index (Phi) is 3.92. The molecule has 1 aliphatic rings. The SMILES string of the molecule is CCC=C1CNC1.Cl. The van der Waals surface area contributed by atoms with Crippen LogP contribution in [0.25, 0.3) is 0 Å². The van der Waals surface area contributed by atoms with Gasteiger partial charge >= 0.3 is 0 Å². The molecule has 0 radical (unpaired) electrons. The lowest BCUT2D eigenvalue weighted by molar-refractivity contribution is 0.664. The van der Waals surface area contributed by atoms with Gasteiger partial charge in [-0.15, -0.1) is 12.4 Å². The molecule has 1 heterocycles. The van der Waals surface area contributed by atoms with Crippen molar-refractivity contribution >= 4 is 12.4 Å². The summed E-state index contributed by atoms with van der Waals surface area (Å²) in [7, 11) is 0. The summed E-state index contributed by atoms with van der Waals surface area (Å²) in [6, 6.07) is 0. The van der Waals surface area contributed by atoms with Crippen LogP contribution < -0.4 is 5.32 Å². The summed E-state index contributed by atoms with van der Waals surface area (Å²) in [6.07, 6.45) is 3.48. The van der Waals surface area contributed by atoms with Gasteiger partial charge < -0.3 is 5.32 Å². The Balaban J connectivity index is 0.000000490. The van der Waals surface area contributed by atoms with Crippen molar-refractivity contribution in [3.63, 3.8) is 0 Å². The Morgan fingerprint density at radius 3 is 2.38 bits per heavy atom. The predicted octanol–water partition coefficient (Wildman–Crippen LogP) is 1.35. The number of hydrogen-bond acceptors (Lipinski definition) is 1. The maximum atomic E-state index is 3.18. The Hall–Kier alpha value is -0.0100. The van der Waals surface area contributed by atoms with E-state index in [1.807, 2.05) is 0 Å². The van der Waals surface area contributed by atoms with Gasteiger partial charge in [-0.3, -0.25) is 0 Å². The molecule has 0 amide bonds. The number of halogens is 1. The molecule has 1 aliphatic heterocycles. The zero-order chi connectivity index (χ0) is 5.11. The molecule has 48 valence electrons. The molecule has 0 bridgehead atoms. The summed E-state index contributed by atoms with van der Waals surface area (Å²) in [5, 5.41) is 3.18. The number of allylic oxidation sites excluding steroid dienone is 1. The van der Waals surface area contributed by atoms with E-state index in [0.717, 1.165) is 13.1 Å². The van der Waals surface area contributed by atoms with Crippen molar-refractivity contribution in [1.29, 1.82) is 0 Å². The fourth-order valence-corrected chi connectivity index (χ4v) is 0.702. The van der Waals surface area contributed by atoms with Crippen LogP contribution in [0, 0.1) is 0 Å². The molecule has 0 aromatic rings. The lowest BCUT2D eigenvalue weighted by Crippen LogP contribution is -2.33. The summed E-state index contributed by atoms with van der Waals surface area (Å²) in [5.74, 6) is 0. The van der Waals surface area contributed by atoms with Crippen molar-refractivity contribution in [3.05, 3.63) is 11.6 Å². The number of rotatable bonds is 1. The van der Waals surface area contributed by atoms with Crippen LogP contribution in [0.3, 0.4) is 0 Å². The molecule has 8 heavy (non-hydrogen) atoms. The first-order chi connectivity index (χ1) is 3.43. The van der Waals surface area contributed by atoms with Gasteiger partial charge in [-0.05, 0) is 12.0 Å². The molecule has 0 atom stereocenters. The highest BCUT2D eigenvalue weighted by Gasteiger charge is 2.03. The van der Waals surface area contributed by atoms with Crippen molar-refractivity contribution in [1.82, 2.24) is 5.32 Å². The second-order valence-corrected chi connectivity index (χ2v) is 1.87. The maximum absolute atomic E-state index is 3.18. The van der Waals surface area contributed by atoms with Crippen molar-refractivity contribution < 1.29 is 0 Å². The number of hydrogen-bond donors (Lipinski definition) is 1. The van der Waals surface area contributed by atoms with E-state index in [2.05, 4.69) is 18.3 Å². The van der Waals surface area contributed by atoms with Crippen molar-refractivity contribution in [2.75, 3.05) is 13.1 Å². The molecule has 0 aliphatic carbocycles. The van der Waals surface area contributed by atoms with Crippen LogP contribution in [0.1, 0.15) is 13.3 Å². The minimum Gasteiger partial charge on any atom is -0.309 e. The summed E-state index contributed by atoms with van der Waals surface area (Å²) in [5.41, 5.74) is 1.57. The molecule has 1 N–H and O–H groups in total. The van der Waals surface area contributed by atoms with Gasteiger partial charge in [-0.2, -0.15) is 0 Å². The topological polar surface area (TPSA) is 12.0 Å². The van der Waals surface area contributed by atoms with Crippen LogP contribution in [-0.2, 0) is 0 Å². The lowest BCUT2D eigenvalue weighted by Gasteiger charge is -2.17. The van der Waals surface area contributed by atoms with E-state index in [4.69, 9.17) is 0 Å². The molecule has 1 fully saturated rings. The standard InChI is InChI=1S/C6H11N.ClH/c1-2-3-6-4-7-5-6;/h3,7H,2,4-5H2,1H3;1H. The first kappa shape index (κ1) is 7.99. The molecule has 2 heteroatoms. The van der Waals surface area contributed by atoms with E-state index in [0.29, 0.717) is 0 Å². The van der Waals surface area contributed by atoms with Crippen LogP contribution in [0.4, 0.5) is 0 Å². The van der Waals surface area contributed by atoms with Crippen LogP contribution in [-0.4, -0.2) is 13.1 Å². The molecule has 1 saturated heterocycles. The normalized spacial score (nSPS) is 16.4. The second-order valence-electron chi connectivity index (χ2n) is 1.87. The zero-order valence-electron chi connectivity index (χ0n) is 5.11. The third-order valence-electron chi connectivity index (χ3n) is 1.20. The third kappa shape index (κ3) is 1.85. The molecule has 0 saturated carbocycles. The highest BCUT2D eigenvalue weighted by molar-refractivity contribution is 5.85.